The number of phenolic OH excluding ortho intramolecular Hbond substituents is 1. The molecule has 1 N–H and O–H groups in total. The van der Waals surface area contributed by atoms with Crippen LogP contribution in [0.5, 0.6) is 5.75 Å². The smallest absolute Gasteiger partial charge is 0.253 e. The lowest BCUT2D eigenvalue weighted by Crippen LogP contribution is -2.55. The monoisotopic (exact) mass is 392 g/mol. The quantitative estimate of drug-likeness (QED) is 0.844. The third-order valence-corrected chi connectivity index (χ3v) is 6.17. The van der Waals surface area contributed by atoms with Crippen molar-refractivity contribution in [1.29, 1.82) is 0 Å². The fraction of sp³-hybridized carbons (Fsp3) is 0.619. The van der Waals surface area contributed by atoms with E-state index in [-0.39, 0.29) is 28.0 Å². The van der Waals surface area contributed by atoms with Gasteiger partial charge in [-0.3, -0.25) is 9.59 Å². The summed E-state index contributed by atoms with van der Waals surface area (Å²) in [5.41, 5.74) is 0.498. The summed E-state index contributed by atoms with van der Waals surface area (Å²) in [7, 11) is 0. The van der Waals surface area contributed by atoms with Gasteiger partial charge >= 0.3 is 0 Å². The molecule has 0 saturated carbocycles. The van der Waals surface area contributed by atoms with Crippen molar-refractivity contribution >= 4 is 23.4 Å². The lowest BCUT2D eigenvalue weighted by atomic mass is 9.73. The number of hydrogen-bond donors (Lipinski definition) is 1. The van der Waals surface area contributed by atoms with Crippen LogP contribution in [0.15, 0.2) is 18.2 Å². The molecule has 1 aromatic rings. The van der Waals surface area contributed by atoms with Gasteiger partial charge in [0, 0.05) is 43.6 Å². The molecule has 2 aliphatic rings. The Morgan fingerprint density at radius 1 is 1.30 bits per heavy atom. The molecule has 1 aromatic carbocycles. The van der Waals surface area contributed by atoms with Crippen LogP contribution < -0.4 is 0 Å². The number of piperidine rings is 2. The maximum atomic E-state index is 13.0. The summed E-state index contributed by atoms with van der Waals surface area (Å²) >= 11 is 5.97. The standard InChI is InChI=1S/C21H29ClN2O3/c1-15(2)7-11-23-13-21(9-6-19(23)26)8-3-10-24(14-21)20(27)16-4-5-18(25)17(22)12-16/h4-5,12,15,25H,3,6-11,13-14H2,1-2H3. The zero-order valence-electron chi connectivity index (χ0n) is 16.2. The number of likely N-dealkylation sites (tertiary alicyclic amines) is 2. The van der Waals surface area contributed by atoms with E-state index in [1.54, 1.807) is 6.07 Å². The van der Waals surface area contributed by atoms with Crippen LogP contribution in [0.1, 0.15) is 56.3 Å². The van der Waals surface area contributed by atoms with Crippen molar-refractivity contribution in [3.63, 3.8) is 0 Å². The fourth-order valence-corrected chi connectivity index (χ4v) is 4.44. The Morgan fingerprint density at radius 3 is 2.78 bits per heavy atom. The van der Waals surface area contributed by atoms with Crippen LogP contribution in [0.4, 0.5) is 0 Å². The van der Waals surface area contributed by atoms with Gasteiger partial charge in [0.05, 0.1) is 5.02 Å². The van der Waals surface area contributed by atoms with Crippen LogP contribution in [-0.4, -0.2) is 52.9 Å². The predicted molar refractivity (Wildman–Crippen MR) is 106 cm³/mol. The highest BCUT2D eigenvalue weighted by Gasteiger charge is 2.42. The molecule has 1 spiro atoms. The topological polar surface area (TPSA) is 60.9 Å². The van der Waals surface area contributed by atoms with Crippen molar-refractivity contribution in [2.24, 2.45) is 11.3 Å². The van der Waals surface area contributed by atoms with Gasteiger partial charge in [0.15, 0.2) is 0 Å². The molecule has 1 atom stereocenters. The third kappa shape index (κ3) is 4.57. The summed E-state index contributed by atoms with van der Waals surface area (Å²) in [6, 6.07) is 4.60. The number of carbonyl (C=O) groups is 2. The van der Waals surface area contributed by atoms with Crippen molar-refractivity contribution in [2.75, 3.05) is 26.2 Å². The second-order valence-electron chi connectivity index (χ2n) is 8.49. The number of amides is 2. The van der Waals surface area contributed by atoms with E-state index in [4.69, 9.17) is 11.6 Å². The number of aromatic hydroxyl groups is 1. The van der Waals surface area contributed by atoms with Gasteiger partial charge in [-0.15, -0.1) is 0 Å². The van der Waals surface area contributed by atoms with Crippen LogP contribution in [0, 0.1) is 11.3 Å². The van der Waals surface area contributed by atoms with Crippen LogP contribution >= 0.6 is 11.6 Å². The number of hydrogen-bond acceptors (Lipinski definition) is 3. The normalized spacial score (nSPS) is 23.3. The van der Waals surface area contributed by atoms with E-state index >= 15 is 0 Å². The Hall–Kier alpha value is -1.75. The largest absolute Gasteiger partial charge is 0.506 e. The minimum atomic E-state index is -0.0541. The van der Waals surface area contributed by atoms with Gasteiger partial charge in [0.1, 0.15) is 5.75 Å². The van der Waals surface area contributed by atoms with Gasteiger partial charge in [-0.25, -0.2) is 0 Å². The Bertz CT molecular complexity index is 721. The Kier molecular flexibility index (Phi) is 5.99. The van der Waals surface area contributed by atoms with E-state index in [0.29, 0.717) is 24.4 Å². The average molecular weight is 393 g/mol. The first-order valence-electron chi connectivity index (χ1n) is 9.85. The number of benzene rings is 1. The lowest BCUT2D eigenvalue weighted by molar-refractivity contribution is -0.139. The number of carbonyl (C=O) groups excluding carboxylic acids is 2. The van der Waals surface area contributed by atoms with Gasteiger partial charge in [-0.1, -0.05) is 25.4 Å². The molecular weight excluding hydrogens is 364 g/mol. The van der Waals surface area contributed by atoms with E-state index in [1.807, 2.05) is 9.80 Å². The van der Waals surface area contributed by atoms with E-state index < -0.39 is 0 Å². The number of halogens is 1. The molecule has 2 fully saturated rings. The van der Waals surface area contributed by atoms with Crippen molar-refractivity contribution in [2.45, 2.75) is 46.0 Å². The van der Waals surface area contributed by atoms with Crippen LogP contribution in [-0.2, 0) is 4.79 Å². The van der Waals surface area contributed by atoms with Crippen molar-refractivity contribution in [3.8, 4) is 5.75 Å². The zero-order chi connectivity index (χ0) is 19.6. The zero-order valence-corrected chi connectivity index (χ0v) is 17.0. The summed E-state index contributed by atoms with van der Waals surface area (Å²) in [6.45, 7) is 7.30. The summed E-state index contributed by atoms with van der Waals surface area (Å²) in [4.78, 5) is 29.2. The summed E-state index contributed by atoms with van der Waals surface area (Å²) in [5, 5.41) is 9.77. The van der Waals surface area contributed by atoms with E-state index in [2.05, 4.69) is 13.8 Å². The Balaban J connectivity index is 1.71. The van der Waals surface area contributed by atoms with Gasteiger partial charge in [-0.2, -0.15) is 0 Å². The first kappa shape index (κ1) is 20.0. The molecule has 2 saturated heterocycles. The van der Waals surface area contributed by atoms with E-state index in [9.17, 15) is 14.7 Å². The molecule has 0 radical (unpaired) electrons. The third-order valence-electron chi connectivity index (χ3n) is 5.87. The number of nitrogens with zero attached hydrogens (tertiary/aromatic N) is 2. The molecule has 2 aliphatic heterocycles. The molecular formula is C21H29ClN2O3. The Labute approximate surface area is 166 Å². The minimum absolute atomic E-state index is 0.000483. The molecule has 0 bridgehead atoms. The lowest BCUT2D eigenvalue weighted by Gasteiger charge is -2.48. The van der Waals surface area contributed by atoms with Crippen molar-refractivity contribution in [1.82, 2.24) is 9.80 Å². The molecule has 3 rings (SSSR count). The second-order valence-corrected chi connectivity index (χ2v) is 8.90. The molecule has 27 heavy (non-hydrogen) atoms. The van der Waals surface area contributed by atoms with E-state index in [0.717, 1.165) is 45.3 Å². The Morgan fingerprint density at radius 2 is 2.07 bits per heavy atom. The van der Waals surface area contributed by atoms with E-state index in [1.165, 1.54) is 12.1 Å². The van der Waals surface area contributed by atoms with Crippen molar-refractivity contribution < 1.29 is 14.7 Å². The summed E-state index contributed by atoms with van der Waals surface area (Å²) < 4.78 is 0. The molecule has 2 heterocycles. The first-order chi connectivity index (χ1) is 12.8. The fourth-order valence-electron chi connectivity index (χ4n) is 4.26. The molecule has 6 heteroatoms. The average Bonchev–Trinajstić information content (AvgIpc) is 2.64. The van der Waals surface area contributed by atoms with Gasteiger partial charge < -0.3 is 14.9 Å². The highest BCUT2D eigenvalue weighted by molar-refractivity contribution is 6.32. The summed E-state index contributed by atoms with van der Waals surface area (Å²) in [6.07, 6.45) is 4.44. The van der Waals surface area contributed by atoms with Gasteiger partial charge in [0.2, 0.25) is 5.91 Å². The van der Waals surface area contributed by atoms with Crippen LogP contribution in [0.2, 0.25) is 5.02 Å². The van der Waals surface area contributed by atoms with Crippen molar-refractivity contribution in [3.05, 3.63) is 28.8 Å². The van der Waals surface area contributed by atoms with Crippen LogP contribution in [0.25, 0.3) is 0 Å². The minimum Gasteiger partial charge on any atom is -0.506 e. The summed E-state index contributed by atoms with van der Waals surface area (Å²) in [5.74, 6) is 0.742. The maximum absolute atomic E-state index is 13.0. The SMILES string of the molecule is CC(C)CCN1CC2(CCCN(C(=O)c3ccc(O)c(Cl)c3)C2)CCC1=O. The highest BCUT2D eigenvalue weighted by Crippen LogP contribution is 2.39. The molecule has 1 unspecified atom stereocenters. The number of phenols is 1. The van der Waals surface area contributed by atoms with Gasteiger partial charge in [-0.05, 0) is 49.8 Å². The van der Waals surface area contributed by atoms with Crippen LogP contribution in [0.3, 0.4) is 0 Å². The molecule has 0 aromatic heterocycles. The molecule has 0 aliphatic carbocycles. The highest BCUT2D eigenvalue weighted by atomic mass is 35.5. The van der Waals surface area contributed by atoms with Gasteiger partial charge in [0.25, 0.3) is 5.91 Å². The second kappa shape index (κ2) is 8.09. The predicted octanol–water partition coefficient (Wildman–Crippen LogP) is 3.94. The number of rotatable bonds is 4. The first-order valence-corrected chi connectivity index (χ1v) is 10.2. The maximum Gasteiger partial charge on any atom is 0.253 e. The molecule has 148 valence electrons. The molecule has 2 amide bonds. The molecule has 5 nitrogen and oxygen atoms in total.